The summed E-state index contributed by atoms with van der Waals surface area (Å²) in [7, 11) is 0. The van der Waals surface area contributed by atoms with Gasteiger partial charge in [0.25, 0.3) is 0 Å². The molecule has 1 aromatic carbocycles. The summed E-state index contributed by atoms with van der Waals surface area (Å²) >= 11 is 0. The van der Waals surface area contributed by atoms with Gasteiger partial charge < -0.3 is 14.7 Å². The van der Waals surface area contributed by atoms with E-state index < -0.39 is 6.10 Å². The number of likely N-dealkylation sites (tertiary alicyclic amines) is 1. The van der Waals surface area contributed by atoms with Gasteiger partial charge >= 0.3 is 6.09 Å². The zero-order valence-electron chi connectivity index (χ0n) is 10.6. The van der Waals surface area contributed by atoms with Crippen molar-refractivity contribution in [3.63, 3.8) is 0 Å². The van der Waals surface area contributed by atoms with E-state index in [1.165, 1.54) is 0 Å². The molecule has 98 valence electrons. The molecule has 0 radical (unpaired) electrons. The first-order valence-corrected chi connectivity index (χ1v) is 6.36. The van der Waals surface area contributed by atoms with E-state index in [1.807, 2.05) is 37.3 Å². The predicted octanol–water partition coefficient (Wildman–Crippen LogP) is 2.17. The molecule has 0 spiro atoms. The van der Waals surface area contributed by atoms with Crippen LogP contribution in [0.4, 0.5) is 4.79 Å². The number of hydrogen-bond acceptors (Lipinski definition) is 3. The Labute approximate surface area is 107 Å². The number of carbonyl (C=O) groups is 1. The number of β-amino-alcohol motifs (C(OH)–C–C–N with tert-alkyl or cyclic N) is 1. The van der Waals surface area contributed by atoms with Crippen LogP contribution in [0.25, 0.3) is 0 Å². The van der Waals surface area contributed by atoms with Crippen molar-refractivity contribution in [2.24, 2.45) is 0 Å². The zero-order valence-corrected chi connectivity index (χ0v) is 10.6. The molecule has 1 aliphatic heterocycles. The van der Waals surface area contributed by atoms with E-state index in [1.54, 1.807) is 4.90 Å². The molecule has 1 fully saturated rings. The molecular formula is C14H19NO3. The first kappa shape index (κ1) is 12.9. The van der Waals surface area contributed by atoms with Crippen LogP contribution >= 0.6 is 0 Å². The van der Waals surface area contributed by atoms with Crippen LogP contribution in [0.1, 0.15) is 25.3 Å². The maximum Gasteiger partial charge on any atom is 0.410 e. The molecule has 0 aromatic heterocycles. The van der Waals surface area contributed by atoms with Crippen molar-refractivity contribution in [3.05, 3.63) is 35.9 Å². The minimum absolute atomic E-state index is 0.100. The molecule has 4 nitrogen and oxygen atoms in total. The van der Waals surface area contributed by atoms with E-state index in [0.717, 1.165) is 12.0 Å². The van der Waals surface area contributed by atoms with Gasteiger partial charge in [-0.15, -0.1) is 0 Å². The van der Waals surface area contributed by atoms with Crippen molar-refractivity contribution in [1.29, 1.82) is 0 Å². The van der Waals surface area contributed by atoms with Crippen molar-refractivity contribution < 1.29 is 14.6 Å². The van der Waals surface area contributed by atoms with E-state index >= 15 is 0 Å². The Bertz CT molecular complexity index is 393. The molecular weight excluding hydrogens is 230 g/mol. The summed E-state index contributed by atoms with van der Waals surface area (Å²) in [5.74, 6) is 0. The van der Waals surface area contributed by atoms with Crippen molar-refractivity contribution in [1.82, 2.24) is 4.90 Å². The molecule has 0 saturated carbocycles. The summed E-state index contributed by atoms with van der Waals surface area (Å²) in [6, 6.07) is 9.69. The highest BCUT2D eigenvalue weighted by Crippen LogP contribution is 2.21. The molecule has 1 heterocycles. The summed E-state index contributed by atoms with van der Waals surface area (Å²) in [4.78, 5) is 13.6. The number of nitrogens with zero attached hydrogens (tertiary/aromatic N) is 1. The van der Waals surface area contributed by atoms with Crippen molar-refractivity contribution in [2.45, 2.75) is 38.5 Å². The maximum atomic E-state index is 11.9. The third-order valence-electron chi connectivity index (χ3n) is 3.30. The van der Waals surface area contributed by atoms with Crippen LogP contribution in [0, 0.1) is 0 Å². The summed E-state index contributed by atoms with van der Waals surface area (Å²) in [5.41, 5.74) is 0.971. The van der Waals surface area contributed by atoms with Crippen molar-refractivity contribution in [3.8, 4) is 0 Å². The molecule has 1 N–H and O–H groups in total. The Kier molecular flexibility index (Phi) is 4.20. The van der Waals surface area contributed by atoms with Gasteiger partial charge in [-0.3, -0.25) is 0 Å². The number of ether oxygens (including phenoxy) is 1. The van der Waals surface area contributed by atoms with E-state index in [2.05, 4.69) is 0 Å². The highest BCUT2D eigenvalue weighted by Gasteiger charge is 2.33. The molecule has 18 heavy (non-hydrogen) atoms. The molecule has 0 unspecified atom stereocenters. The standard InChI is InChI=1S/C14H19NO3/c1-2-12-8-13(16)9-15(12)14(17)18-10-11-6-4-3-5-7-11/h3-7,12-13,16H,2,8-10H2,1H3/t12-,13-/m1/s1. The molecule has 2 rings (SSSR count). The normalized spacial score (nSPS) is 23.1. The molecule has 1 saturated heterocycles. The second kappa shape index (κ2) is 5.87. The number of amides is 1. The lowest BCUT2D eigenvalue weighted by Crippen LogP contribution is -2.36. The molecule has 1 amide bonds. The third kappa shape index (κ3) is 3.01. The van der Waals surface area contributed by atoms with Gasteiger partial charge in [0, 0.05) is 6.04 Å². The Morgan fingerprint density at radius 2 is 2.17 bits per heavy atom. The highest BCUT2D eigenvalue weighted by atomic mass is 16.6. The van der Waals surface area contributed by atoms with Gasteiger partial charge in [0.15, 0.2) is 0 Å². The monoisotopic (exact) mass is 249 g/mol. The third-order valence-corrected chi connectivity index (χ3v) is 3.30. The summed E-state index contributed by atoms with van der Waals surface area (Å²) in [6.07, 6.45) is 0.746. The van der Waals surface area contributed by atoms with Crippen LogP contribution in [0.2, 0.25) is 0 Å². The van der Waals surface area contributed by atoms with E-state index in [-0.39, 0.29) is 18.7 Å². The lowest BCUT2D eigenvalue weighted by atomic mass is 10.1. The fraction of sp³-hybridized carbons (Fsp3) is 0.500. The second-order valence-electron chi connectivity index (χ2n) is 4.64. The lowest BCUT2D eigenvalue weighted by molar-refractivity contribution is 0.0872. The molecule has 0 aliphatic carbocycles. The number of benzene rings is 1. The first-order valence-electron chi connectivity index (χ1n) is 6.36. The van der Waals surface area contributed by atoms with Crippen LogP contribution in [0.15, 0.2) is 30.3 Å². The topological polar surface area (TPSA) is 49.8 Å². The SMILES string of the molecule is CC[C@@H]1C[C@@H](O)CN1C(=O)OCc1ccccc1. The van der Waals surface area contributed by atoms with E-state index in [4.69, 9.17) is 4.74 Å². The number of carbonyl (C=O) groups excluding carboxylic acids is 1. The number of hydrogen-bond donors (Lipinski definition) is 1. The van der Waals surface area contributed by atoms with Gasteiger partial charge in [0.05, 0.1) is 12.6 Å². The first-order chi connectivity index (χ1) is 8.70. The van der Waals surface area contributed by atoms with Crippen molar-refractivity contribution >= 4 is 6.09 Å². The Balaban J connectivity index is 1.88. The highest BCUT2D eigenvalue weighted by molar-refractivity contribution is 5.68. The number of rotatable bonds is 3. The van der Waals surface area contributed by atoms with Crippen LogP contribution < -0.4 is 0 Å². The summed E-state index contributed by atoms with van der Waals surface area (Å²) in [6.45, 7) is 2.68. The Morgan fingerprint density at radius 3 is 2.83 bits per heavy atom. The fourth-order valence-corrected chi connectivity index (χ4v) is 2.30. The minimum atomic E-state index is -0.417. The maximum absolute atomic E-state index is 11.9. The summed E-state index contributed by atoms with van der Waals surface area (Å²) in [5, 5.41) is 9.59. The minimum Gasteiger partial charge on any atom is -0.445 e. The van der Waals surface area contributed by atoms with Gasteiger partial charge in [-0.1, -0.05) is 37.3 Å². The smallest absolute Gasteiger partial charge is 0.410 e. The molecule has 4 heteroatoms. The number of aliphatic hydroxyl groups is 1. The Hall–Kier alpha value is -1.55. The molecule has 1 aromatic rings. The molecule has 0 bridgehead atoms. The van der Waals surface area contributed by atoms with E-state index in [0.29, 0.717) is 13.0 Å². The van der Waals surface area contributed by atoms with Crippen LogP contribution in [-0.2, 0) is 11.3 Å². The predicted molar refractivity (Wildman–Crippen MR) is 68.0 cm³/mol. The van der Waals surface area contributed by atoms with Gasteiger partial charge in [0.2, 0.25) is 0 Å². The fourth-order valence-electron chi connectivity index (χ4n) is 2.30. The van der Waals surface area contributed by atoms with Gasteiger partial charge in [0.1, 0.15) is 6.61 Å². The van der Waals surface area contributed by atoms with Crippen LogP contribution in [0.5, 0.6) is 0 Å². The van der Waals surface area contributed by atoms with Gasteiger partial charge in [-0.05, 0) is 18.4 Å². The number of aliphatic hydroxyl groups excluding tert-OH is 1. The largest absolute Gasteiger partial charge is 0.445 e. The van der Waals surface area contributed by atoms with Gasteiger partial charge in [-0.25, -0.2) is 4.79 Å². The Morgan fingerprint density at radius 1 is 1.44 bits per heavy atom. The lowest BCUT2D eigenvalue weighted by Gasteiger charge is -2.22. The quantitative estimate of drug-likeness (QED) is 0.893. The van der Waals surface area contributed by atoms with Gasteiger partial charge in [-0.2, -0.15) is 0 Å². The van der Waals surface area contributed by atoms with Crippen molar-refractivity contribution in [2.75, 3.05) is 6.54 Å². The van der Waals surface area contributed by atoms with Crippen LogP contribution in [0.3, 0.4) is 0 Å². The van der Waals surface area contributed by atoms with Crippen LogP contribution in [-0.4, -0.2) is 34.8 Å². The average Bonchev–Trinajstić information content (AvgIpc) is 2.78. The van der Waals surface area contributed by atoms with E-state index in [9.17, 15) is 9.90 Å². The summed E-state index contributed by atoms with van der Waals surface area (Å²) < 4.78 is 5.27. The second-order valence-corrected chi connectivity index (χ2v) is 4.64. The molecule has 2 atom stereocenters. The zero-order chi connectivity index (χ0) is 13.0. The molecule has 1 aliphatic rings. The average molecular weight is 249 g/mol.